The summed E-state index contributed by atoms with van der Waals surface area (Å²) in [6, 6.07) is 11.7. The van der Waals surface area contributed by atoms with Gasteiger partial charge in [-0.2, -0.15) is 0 Å². The van der Waals surface area contributed by atoms with Gasteiger partial charge in [0, 0.05) is 16.2 Å². The van der Waals surface area contributed by atoms with Gasteiger partial charge >= 0.3 is 0 Å². The van der Waals surface area contributed by atoms with E-state index >= 15 is 0 Å². The van der Waals surface area contributed by atoms with Gasteiger partial charge in [0.25, 0.3) is 5.91 Å². The Bertz CT molecular complexity index is 781. The minimum absolute atomic E-state index is 0.107. The SMILES string of the molecule is CC(C)COc1ccc(Br)cc1C(=O)NC(=S)Nc1cccc(O)c1. The number of amides is 1. The quantitative estimate of drug-likeness (QED) is 0.625. The second-order valence-corrected chi connectivity index (χ2v) is 7.13. The third kappa shape index (κ3) is 6.03. The lowest BCUT2D eigenvalue weighted by Gasteiger charge is -2.14. The molecular weight excluding hydrogens is 404 g/mol. The molecule has 0 atom stereocenters. The van der Waals surface area contributed by atoms with Gasteiger partial charge in [-0.05, 0) is 48.5 Å². The van der Waals surface area contributed by atoms with Crippen molar-refractivity contribution in [2.75, 3.05) is 11.9 Å². The number of phenols is 1. The normalized spacial score (nSPS) is 10.4. The summed E-state index contributed by atoms with van der Waals surface area (Å²) in [4.78, 5) is 12.5. The number of aromatic hydroxyl groups is 1. The van der Waals surface area contributed by atoms with Crippen LogP contribution in [0.3, 0.4) is 0 Å². The summed E-state index contributed by atoms with van der Waals surface area (Å²) in [5.41, 5.74) is 0.964. The molecule has 0 heterocycles. The molecule has 5 nitrogen and oxygen atoms in total. The average Bonchev–Trinajstić information content (AvgIpc) is 2.53. The van der Waals surface area contributed by atoms with Crippen LogP contribution in [0.5, 0.6) is 11.5 Å². The Balaban J connectivity index is 2.08. The summed E-state index contributed by atoms with van der Waals surface area (Å²) < 4.78 is 6.48. The van der Waals surface area contributed by atoms with Crippen molar-refractivity contribution >= 4 is 44.9 Å². The number of nitrogens with one attached hydrogen (secondary N) is 2. The van der Waals surface area contributed by atoms with Crippen molar-refractivity contribution in [1.29, 1.82) is 0 Å². The van der Waals surface area contributed by atoms with E-state index in [1.165, 1.54) is 6.07 Å². The molecule has 0 aliphatic rings. The van der Waals surface area contributed by atoms with Crippen LogP contribution in [0.1, 0.15) is 24.2 Å². The highest BCUT2D eigenvalue weighted by Gasteiger charge is 2.15. The second kappa shape index (κ2) is 8.82. The van der Waals surface area contributed by atoms with E-state index in [1.807, 2.05) is 19.9 Å². The number of benzene rings is 2. The molecule has 3 N–H and O–H groups in total. The minimum atomic E-state index is -0.377. The van der Waals surface area contributed by atoms with Gasteiger partial charge in [-0.3, -0.25) is 10.1 Å². The zero-order chi connectivity index (χ0) is 18.4. The first-order valence-corrected chi connectivity index (χ1v) is 8.89. The van der Waals surface area contributed by atoms with Crippen LogP contribution in [0, 0.1) is 5.92 Å². The Labute approximate surface area is 160 Å². The molecule has 7 heteroatoms. The fourth-order valence-corrected chi connectivity index (χ4v) is 2.55. The number of ether oxygens (including phenoxy) is 1. The van der Waals surface area contributed by atoms with Crippen molar-refractivity contribution in [1.82, 2.24) is 5.32 Å². The highest BCUT2D eigenvalue weighted by atomic mass is 79.9. The van der Waals surface area contributed by atoms with Crippen LogP contribution < -0.4 is 15.4 Å². The fourth-order valence-electron chi connectivity index (χ4n) is 1.98. The number of halogens is 1. The Morgan fingerprint density at radius 2 is 2.04 bits per heavy atom. The van der Waals surface area contributed by atoms with E-state index in [0.717, 1.165) is 4.47 Å². The Kier molecular flexibility index (Phi) is 6.78. The van der Waals surface area contributed by atoms with Crippen molar-refractivity contribution in [3.8, 4) is 11.5 Å². The van der Waals surface area contributed by atoms with E-state index < -0.39 is 0 Å². The van der Waals surface area contributed by atoms with Gasteiger partial charge in [0.2, 0.25) is 0 Å². The number of carbonyl (C=O) groups is 1. The molecule has 0 fully saturated rings. The van der Waals surface area contributed by atoms with Crippen LogP contribution in [0.25, 0.3) is 0 Å². The summed E-state index contributed by atoms with van der Waals surface area (Å²) in [5, 5.41) is 15.1. The third-order valence-electron chi connectivity index (χ3n) is 3.09. The van der Waals surface area contributed by atoms with Gasteiger partial charge in [-0.25, -0.2) is 0 Å². The molecule has 0 unspecified atom stereocenters. The number of carbonyl (C=O) groups excluding carboxylic acids is 1. The average molecular weight is 423 g/mol. The molecule has 0 saturated heterocycles. The van der Waals surface area contributed by atoms with E-state index in [9.17, 15) is 9.90 Å². The lowest BCUT2D eigenvalue weighted by Crippen LogP contribution is -2.34. The largest absolute Gasteiger partial charge is 0.508 e. The second-order valence-electron chi connectivity index (χ2n) is 5.80. The maximum atomic E-state index is 12.5. The van der Waals surface area contributed by atoms with E-state index in [4.69, 9.17) is 17.0 Å². The number of anilines is 1. The van der Waals surface area contributed by atoms with Crippen LogP contribution in [0.15, 0.2) is 46.9 Å². The number of hydrogen-bond acceptors (Lipinski definition) is 4. The van der Waals surface area contributed by atoms with Crippen LogP contribution in [0.4, 0.5) is 5.69 Å². The molecule has 0 bridgehead atoms. The summed E-state index contributed by atoms with van der Waals surface area (Å²) in [5.74, 6) is 0.566. The van der Waals surface area contributed by atoms with Crippen molar-refractivity contribution in [3.05, 3.63) is 52.5 Å². The van der Waals surface area contributed by atoms with E-state index in [0.29, 0.717) is 29.5 Å². The molecule has 0 aromatic heterocycles. The highest BCUT2D eigenvalue weighted by molar-refractivity contribution is 9.10. The molecule has 0 aliphatic heterocycles. The standard InChI is InChI=1S/C18H19BrN2O3S/c1-11(2)10-24-16-7-6-12(19)8-15(16)17(23)21-18(25)20-13-4-3-5-14(22)9-13/h3-9,11,22H,10H2,1-2H3,(H2,20,21,23,25). The number of thiocarbonyl (C=S) groups is 1. The molecule has 2 aromatic carbocycles. The van der Waals surface area contributed by atoms with E-state index in [2.05, 4.69) is 26.6 Å². The zero-order valence-corrected chi connectivity index (χ0v) is 16.3. The molecule has 0 saturated carbocycles. The summed E-state index contributed by atoms with van der Waals surface area (Å²) in [6.45, 7) is 4.58. The maximum Gasteiger partial charge on any atom is 0.261 e. The van der Waals surface area contributed by atoms with Crippen LogP contribution in [-0.2, 0) is 0 Å². The van der Waals surface area contributed by atoms with E-state index in [-0.39, 0.29) is 16.8 Å². The highest BCUT2D eigenvalue weighted by Crippen LogP contribution is 2.24. The maximum absolute atomic E-state index is 12.5. The number of rotatable bonds is 5. The van der Waals surface area contributed by atoms with Gasteiger partial charge in [0.05, 0.1) is 12.2 Å². The summed E-state index contributed by atoms with van der Waals surface area (Å²) in [7, 11) is 0. The molecule has 0 aliphatic carbocycles. The van der Waals surface area contributed by atoms with Crippen molar-refractivity contribution < 1.29 is 14.6 Å². The van der Waals surface area contributed by atoms with Gasteiger partial charge in [0.15, 0.2) is 5.11 Å². The topological polar surface area (TPSA) is 70.6 Å². The lowest BCUT2D eigenvalue weighted by molar-refractivity contribution is 0.0973. The third-order valence-corrected chi connectivity index (χ3v) is 3.79. The predicted octanol–water partition coefficient (Wildman–Crippen LogP) is 4.32. The zero-order valence-electron chi connectivity index (χ0n) is 13.9. The van der Waals surface area contributed by atoms with Gasteiger partial charge in [-0.1, -0.05) is 35.8 Å². The minimum Gasteiger partial charge on any atom is -0.508 e. The van der Waals surface area contributed by atoms with Crippen molar-refractivity contribution in [2.45, 2.75) is 13.8 Å². The molecule has 0 spiro atoms. The molecule has 1 amide bonds. The fraction of sp³-hybridized carbons (Fsp3) is 0.222. The molecule has 2 rings (SSSR count). The van der Waals surface area contributed by atoms with Crippen LogP contribution >= 0.6 is 28.1 Å². The molecule has 25 heavy (non-hydrogen) atoms. The first-order chi connectivity index (χ1) is 11.8. The molecule has 132 valence electrons. The van der Waals surface area contributed by atoms with Crippen LogP contribution in [-0.4, -0.2) is 22.7 Å². The predicted molar refractivity (Wildman–Crippen MR) is 106 cm³/mol. The first-order valence-electron chi connectivity index (χ1n) is 7.69. The van der Waals surface area contributed by atoms with Crippen LogP contribution in [0.2, 0.25) is 0 Å². The molecular formula is C18H19BrN2O3S. The summed E-state index contributed by atoms with van der Waals surface area (Å²) >= 11 is 8.52. The Morgan fingerprint density at radius 3 is 2.72 bits per heavy atom. The lowest BCUT2D eigenvalue weighted by atomic mass is 10.2. The van der Waals surface area contributed by atoms with Gasteiger partial charge in [-0.15, -0.1) is 0 Å². The number of hydrogen-bond donors (Lipinski definition) is 3. The molecule has 0 radical (unpaired) electrons. The van der Waals surface area contributed by atoms with E-state index in [1.54, 1.807) is 30.3 Å². The summed E-state index contributed by atoms with van der Waals surface area (Å²) in [6.07, 6.45) is 0. The Morgan fingerprint density at radius 1 is 1.28 bits per heavy atom. The van der Waals surface area contributed by atoms with Gasteiger partial charge < -0.3 is 15.2 Å². The Hall–Kier alpha value is -2.12. The smallest absolute Gasteiger partial charge is 0.261 e. The van der Waals surface area contributed by atoms with Gasteiger partial charge in [0.1, 0.15) is 11.5 Å². The van der Waals surface area contributed by atoms with Crippen molar-refractivity contribution in [2.24, 2.45) is 5.92 Å². The molecule has 2 aromatic rings. The monoisotopic (exact) mass is 422 g/mol. The first kappa shape index (κ1) is 19.2. The van der Waals surface area contributed by atoms with Crippen molar-refractivity contribution in [3.63, 3.8) is 0 Å². The number of phenolic OH excluding ortho intramolecular Hbond substituents is 1.